The van der Waals surface area contributed by atoms with Crippen LogP contribution < -0.4 is 5.11 Å². The third-order valence-electron chi connectivity index (χ3n) is 4.77. The summed E-state index contributed by atoms with van der Waals surface area (Å²) in [5, 5.41) is 30.1. The van der Waals surface area contributed by atoms with Crippen molar-refractivity contribution < 1.29 is 24.6 Å². The third kappa shape index (κ3) is 17.0. The van der Waals surface area contributed by atoms with E-state index in [1.54, 1.807) is 6.08 Å². The quantitative estimate of drug-likeness (QED) is 0.212. The van der Waals surface area contributed by atoms with Gasteiger partial charge < -0.3 is 24.6 Å². The van der Waals surface area contributed by atoms with Crippen LogP contribution in [0.1, 0.15) is 70.6 Å². The zero-order valence-electron chi connectivity index (χ0n) is 18.3. The van der Waals surface area contributed by atoms with E-state index in [-0.39, 0.29) is 0 Å². The van der Waals surface area contributed by atoms with Gasteiger partial charge in [-0.3, -0.25) is 0 Å². The number of carbonyl (C=O) groups excluding carboxylic acids is 1. The molecule has 164 valence electrons. The van der Waals surface area contributed by atoms with Gasteiger partial charge in [-0.2, -0.15) is 0 Å². The first kappa shape index (κ1) is 26.8. The van der Waals surface area contributed by atoms with E-state index in [2.05, 4.69) is 6.08 Å². The predicted octanol–water partition coefficient (Wildman–Crippen LogP) is 2.82. The maximum absolute atomic E-state index is 11.2. The van der Waals surface area contributed by atoms with Crippen LogP contribution in [0.3, 0.4) is 0 Å². The molecule has 0 rings (SSSR count). The first-order chi connectivity index (χ1) is 13.3. The Labute approximate surface area is 172 Å². The minimum absolute atomic E-state index is 0.320. The number of likely N-dealkylation sites (N-methyl/N-ethyl adjacent to an activating group) is 1. The van der Waals surface area contributed by atoms with Gasteiger partial charge in [0.2, 0.25) is 0 Å². The highest BCUT2D eigenvalue weighted by molar-refractivity contribution is 5.70. The van der Waals surface area contributed by atoms with Crippen LogP contribution in [-0.2, 0) is 4.79 Å². The minimum Gasteiger partial charge on any atom is -0.549 e. The number of carboxylic acids is 1. The van der Waals surface area contributed by atoms with Crippen molar-refractivity contribution in [3.8, 4) is 0 Å². The molecule has 2 atom stereocenters. The fourth-order valence-electron chi connectivity index (χ4n) is 3.19. The maximum Gasteiger partial charge on any atom is 0.114 e. The maximum atomic E-state index is 11.2. The average molecular weight is 398 g/mol. The second kappa shape index (κ2) is 16.8. The number of carboxylic acid groups (broad SMARTS) is 1. The van der Waals surface area contributed by atoms with E-state index in [9.17, 15) is 15.0 Å². The highest BCUT2D eigenvalue weighted by Crippen LogP contribution is 2.12. The molecule has 0 spiro atoms. The molecule has 0 aromatic carbocycles. The Morgan fingerprint density at radius 3 is 1.86 bits per heavy atom. The zero-order chi connectivity index (χ0) is 21.3. The molecule has 0 amide bonds. The number of rotatable bonds is 18. The lowest BCUT2D eigenvalue weighted by Crippen LogP contribution is -2.47. The first-order valence-corrected chi connectivity index (χ1v) is 10.9. The zero-order valence-corrected chi connectivity index (χ0v) is 18.3. The molecule has 0 aromatic rings. The lowest BCUT2D eigenvalue weighted by molar-refractivity contribution is -0.873. The van der Waals surface area contributed by atoms with Crippen molar-refractivity contribution in [1.29, 1.82) is 0 Å². The van der Waals surface area contributed by atoms with Crippen molar-refractivity contribution in [3.63, 3.8) is 0 Å². The smallest absolute Gasteiger partial charge is 0.114 e. The molecular weight excluding hydrogens is 354 g/mol. The molecule has 2 unspecified atom stereocenters. The molecule has 0 saturated heterocycles. The molecule has 0 radical (unpaired) electrons. The van der Waals surface area contributed by atoms with Gasteiger partial charge >= 0.3 is 0 Å². The van der Waals surface area contributed by atoms with E-state index in [1.807, 2.05) is 27.2 Å². The summed E-state index contributed by atoms with van der Waals surface area (Å²) >= 11 is 0. The number of quaternary nitrogens is 1. The summed E-state index contributed by atoms with van der Waals surface area (Å²) in [6.45, 7) is 0.676. The molecule has 0 heterocycles. The van der Waals surface area contributed by atoms with Crippen LogP contribution in [0.25, 0.3) is 0 Å². The molecule has 2 N–H and O–H groups in total. The molecule has 0 fully saturated rings. The Morgan fingerprint density at radius 1 is 0.893 bits per heavy atom. The molecular formula is C23H43NO4. The predicted molar refractivity (Wildman–Crippen MR) is 114 cm³/mol. The molecule has 0 aliphatic heterocycles. The fraction of sp³-hybridized carbons (Fsp3) is 0.783. The fourth-order valence-corrected chi connectivity index (χ4v) is 3.19. The first-order valence-electron chi connectivity index (χ1n) is 10.9. The monoisotopic (exact) mass is 397 g/mol. The Bertz CT molecular complexity index is 440. The summed E-state index contributed by atoms with van der Waals surface area (Å²) in [7, 11) is 5.75. The topological polar surface area (TPSA) is 80.6 Å². The molecule has 5 heteroatoms. The van der Waals surface area contributed by atoms with Gasteiger partial charge in [-0.15, -0.1) is 0 Å². The molecule has 28 heavy (non-hydrogen) atoms. The van der Waals surface area contributed by atoms with E-state index in [4.69, 9.17) is 5.11 Å². The van der Waals surface area contributed by atoms with Gasteiger partial charge in [-0.25, -0.2) is 0 Å². The van der Waals surface area contributed by atoms with Crippen molar-refractivity contribution >= 4 is 5.97 Å². The van der Waals surface area contributed by atoms with E-state index in [0.717, 1.165) is 25.7 Å². The largest absolute Gasteiger partial charge is 0.549 e. The lowest BCUT2D eigenvalue weighted by atomic mass is 10.0. The number of carbonyl (C=O) groups is 1. The van der Waals surface area contributed by atoms with E-state index >= 15 is 0 Å². The van der Waals surface area contributed by atoms with Gasteiger partial charge in [0.1, 0.15) is 12.6 Å². The minimum atomic E-state index is -1.24. The number of hydrogen-bond acceptors (Lipinski definition) is 4. The van der Waals surface area contributed by atoms with Gasteiger partial charge in [0.25, 0.3) is 0 Å². The van der Waals surface area contributed by atoms with Crippen LogP contribution in [0.2, 0.25) is 0 Å². The van der Waals surface area contributed by atoms with E-state index in [1.165, 1.54) is 51.0 Å². The SMILES string of the molecule is C[N+](C)(C)CC(O)C(C=CC=CCCCCCCCCCCCCO)C(=O)[O-]. The molecule has 0 saturated carbocycles. The van der Waals surface area contributed by atoms with Crippen LogP contribution in [0.5, 0.6) is 0 Å². The van der Waals surface area contributed by atoms with Gasteiger partial charge in [-0.05, 0) is 19.3 Å². The number of aliphatic hydroxyl groups excluding tert-OH is 2. The second-order valence-corrected chi connectivity index (χ2v) is 8.75. The van der Waals surface area contributed by atoms with Crippen LogP contribution in [-0.4, -0.2) is 61.1 Å². The second-order valence-electron chi connectivity index (χ2n) is 8.75. The summed E-state index contributed by atoms with van der Waals surface area (Å²) in [6.07, 6.45) is 19.3. The number of aliphatic hydroxyl groups is 2. The molecule has 0 aromatic heterocycles. The van der Waals surface area contributed by atoms with E-state index in [0.29, 0.717) is 17.6 Å². The Hall–Kier alpha value is -1.17. The van der Waals surface area contributed by atoms with Crippen LogP contribution >= 0.6 is 0 Å². The van der Waals surface area contributed by atoms with Crippen molar-refractivity contribution in [3.05, 3.63) is 24.3 Å². The number of nitrogens with zero attached hydrogens (tertiary/aromatic N) is 1. The number of aliphatic carboxylic acids is 1. The summed E-state index contributed by atoms with van der Waals surface area (Å²) in [6, 6.07) is 0. The van der Waals surface area contributed by atoms with Gasteiger partial charge in [0, 0.05) is 12.5 Å². The van der Waals surface area contributed by atoms with Gasteiger partial charge in [0.05, 0.1) is 27.1 Å². The van der Waals surface area contributed by atoms with Crippen LogP contribution in [0.4, 0.5) is 0 Å². The Morgan fingerprint density at radius 2 is 1.39 bits per heavy atom. The van der Waals surface area contributed by atoms with Crippen LogP contribution in [0, 0.1) is 5.92 Å². The molecule has 5 nitrogen and oxygen atoms in total. The molecule has 0 bridgehead atoms. The summed E-state index contributed by atoms with van der Waals surface area (Å²) in [5.74, 6) is -2.22. The number of unbranched alkanes of at least 4 members (excludes halogenated alkanes) is 10. The highest BCUT2D eigenvalue weighted by Gasteiger charge is 2.23. The lowest BCUT2D eigenvalue weighted by Gasteiger charge is -2.30. The van der Waals surface area contributed by atoms with Gasteiger partial charge in [-0.1, -0.05) is 75.7 Å². The Balaban J connectivity index is 3.79. The molecule has 0 aliphatic carbocycles. The molecule has 0 aliphatic rings. The number of hydrogen-bond donors (Lipinski definition) is 2. The third-order valence-corrected chi connectivity index (χ3v) is 4.77. The summed E-state index contributed by atoms with van der Waals surface area (Å²) in [5.41, 5.74) is 0. The van der Waals surface area contributed by atoms with Crippen molar-refractivity contribution in [2.24, 2.45) is 5.92 Å². The summed E-state index contributed by atoms with van der Waals surface area (Å²) in [4.78, 5) is 11.2. The average Bonchev–Trinajstić information content (AvgIpc) is 2.59. The normalized spacial score (nSPS) is 14.8. The number of allylic oxidation sites excluding steroid dienone is 3. The summed E-state index contributed by atoms with van der Waals surface area (Å²) < 4.78 is 0.498. The van der Waals surface area contributed by atoms with Crippen molar-refractivity contribution in [1.82, 2.24) is 0 Å². The highest BCUT2D eigenvalue weighted by atomic mass is 16.4. The van der Waals surface area contributed by atoms with E-state index < -0.39 is 18.0 Å². The van der Waals surface area contributed by atoms with Gasteiger partial charge in [0.15, 0.2) is 0 Å². The van der Waals surface area contributed by atoms with Crippen molar-refractivity contribution in [2.45, 2.75) is 76.7 Å². The Kier molecular flexibility index (Phi) is 16.1. The standard InChI is InChI=1S/C23H43NO4/c1-24(2,3)20-22(26)21(23(27)28)18-16-14-12-10-8-6-4-5-7-9-11-13-15-17-19-25/h12,14,16,18,21-22,25-26H,4-11,13,15,17,19-20H2,1-3H3. The van der Waals surface area contributed by atoms with Crippen molar-refractivity contribution in [2.75, 3.05) is 34.3 Å². The van der Waals surface area contributed by atoms with Crippen LogP contribution in [0.15, 0.2) is 24.3 Å².